The summed E-state index contributed by atoms with van der Waals surface area (Å²) < 4.78 is 26.3. The molecule has 0 radical (unpaired) electrons. The predicted molar refractivity (Wildman–Crippen MR) is 66.1 cm³/mol. The summed E-state index contributed by atoms with van der Waals surface area (Å²) in [6.07, 6.45) is 5.19. The Labute approximate surface area is 101 Å². The minimum atomic E-state index is -3.35. The highest BCUT2D eigenvalue weighted by atomic mass is 32.2. The molecule has 1 aromatic rings. The van der Waals surface area contributed by atoms with Crippen molar-refractivity contribution in [3.8, 4) is 0 Å². The summed E-state index contributed by atoms with van der Waals surface area (Å²) in [7, 11) is -3.35. The maximum atomic E-state index is 10.8. The van der Waals surface area contributed by atoms with Gasteiger partial charge in [0.2, 0.25) is 0 Å². The summed E-state index contributed by atoms with van der Waals surface area (Å²) in [5.41, 5.74) is 0.851. The Bertz CT molecular complexity index is 411. The fourth-order valence-corrected chi connectivity index (χ4v) is 2.46. The average Bonchev–Trinajstić information content (AvgIpc) is 2.62. The van der Waals surface area contributed by atoms with Crippen LogP contribution in [0.1, 0.15) is 25.3 Å². The van der Waals surface area contributed by atoms with Crippen molar-refractivity contribution in [1.29, 1.82) is 0 Å². The quantitative estimate of drug-likeness (QED) is 0.466. The Morgan fingerprint density at radius 2 is 2.25 bits per heavy atom. The van der Waals surface area contributed by atoms with E-state index >= 15 is 0 Å². The van der Waals surface area contributed by atoms with E-state index in [-0.39, 0.29) is 6.61 Å². The van der Waals surface area contributed by atoms with Gasteiger partial charge in [-0.1, -0.05) is 13.3 Å². The normalized spacial score (nSPS) is 11.9. The topological polar surface area (TPSA) is 59.2 Å². The highest BCUT2D eigenvalue weighted by Crippen LogP contribution is 2.19. The van der Waals surface area contributed by atoms with Gasteiger partial charge in [0.25, 0.3) is 10.1 Å². The number of unbranched alkanes of at least 4 members (excludes halogenated alkanes) is 1. The molecule has 6 heteroatoms. The first-order chi connectivity index (χ1) is 7.51. The molecule has 92 valence electrons. The number of hydrogen-bond acceptors (Lipinski definition) is 4. The molecule has 0 unspecified atom stereocenters. The molecule has 1 rings (SSSR count). The van der Waals surface area contributed by atoms with Crippen molar-refractivity contribution in [2.24, 2.45) is 0 Å². The minimum absolute atomic E-state index is 0.101. The van der Waals surface area contributed by atoms with Gasteiger partial charge in [-0.15, -0.1) is 11.8 Å². The number of aromatic nitrogens is 1. The van der Waals surface area contributed by atoms with E-state index in [4.69, 9.17) is 4.18 Å². The van der Waals surface area contributed by atoms with E-state index in [1.165, 1.54) is 12.8 Å². The molecular weight excluding hydrogens is 246 g/mol. The third-order valence-corrected chi connectivity index (χ3v) is 3.50. The molecule has 0 aromatic carbocycles. The zero-order valence-electron chi connectivity index (χ0n) is 9.52. The van der Waals surface area contributed by atoms with Crippen LogP contribution in [0.2, 0.25) is 0 Å². The predicted octanol–water partition coefficient (Wildman–Crippen LogP) is 2.38. The van der Waals surface area contributed by atoms with Crippen LogP contribution < -0.4 is 0 Å². The standard InChI is InChI=1S/C10H17NO3S2/c1-3-4-5-15-10-6-9(7-11-10)8-14-16(2,12)13/h6-7,11H,3-5,8H2,1-2H3. The third kappa shape index (κ3) is 5.58. The number of aromatic amines is 1. The summed E-state index contributed by atoms with van der Waals surface area (Å²) in [6.45, 7) is 2.25. The maximum Gasteiger partial charge on any atom is 0.264 e. The molecule has 0 aliphatic rings. The van der Waals surface area contributed by atoms with Gasteiger partial charge in [0.1, 0.15) is 0 Å². The highest BCUT2D eigenvalue weighted by Gasteiger charge is 2.04. The van der Waals surface area contributed by atoms with Crippen LogP contribution >= 0.6 is 11.8 Å². The first-order valence-corrected chi connectivity index (χ1v) is 7.96. The molecule has 0 saturated carbocycles. The summed E-state index contributed by atoms with van der Waals surface area (Å²) in [4.78, 5) is 3.09. The molecule has 0 amide bonds. The monoisotopic (exact) mass is 263 g/mol. The van der Waals surface area contributed by atoms with Crippen molar-refractivity contribution in [2.45, 2.75) is 31.4 Å². The van der Waals surface area contributed by atoms with Gasteiger partial charge >= 0.3 is 0 Å². The lowest BCUT2D eigenvalue weighted by molar-refractivity contribution is 0.312. The molecule has 0 atom stereocenters. The van der Waals surface area contributed by atoms with E-state index in [0.717, 1.165) is 22.6 Å². The van der Waals surface area contributed by atoms with Gasteiger partial charge in [-0.05, 0) is 23.8 Å². The van der Waals surface area contributed by atoms with Crippen LogP contribution in [0.25, 0.3) is 0 Å². The molecule has 16 heavy (non-hydrogen) atoms. The lowest BCUT2D eigenvalue weighted by Crippen LogP contribution is -2.01. The maximum absolute atomic E-state index is 10.8. The van der Waals surface area contributed by atoms with E-state index in [9.17, 15) is 8.42 Å². The average molecular weight is 263 g/mol. The smallest absolute Gasteiger partial charge is 0.264 e. The van der Waals surface area contributed by atoms with Crippen molar-refractivity contribution in [1.82, 2.24) is 4.98 Å². The highest BCUT2D eigenvalue weighted by molar-refractivity contribution is 7.99. The third-order valence-electron chi connectivity index (χ3n) is 1.91. The molecule has 1 N–H and O–H groups in total. The van der Waals surface area contributed by atoms with E-state index in [1.54, 1.807) is 18.0 Å². The summed E-state index contributed by atoms with van der Waals surface area (Å²) in [5.74, 6) is 1.07. The van der Waals surface area contributed by atoms with Crippen LogP contribution in [0.15, 0.2) is 17.3 Å². The molecule has 0 saturated heterocycles. The van der Waals surface area contributed by atoms with E-state index in [2.05, 4.69) is 11.9 Å². The molecule has 0 spiro atoms. The first-order valence-electron chi connectivity index (χ1n) is 5.16. The van der Waals surface area contributed by atoms with Gasteiger partial charge in [-0.25, -0.2) is 0 Å². The molecular formula is C10H17NO3S2. The number of hydrogen-bond donors (Lipinski definition) is 1. The summed E-state index contributed by atoms with van der Waals surface area (Å²) in [5, 5.41) is 1.06. The Balaban J connectivity index is 2.39. The summed E-state index contributed by atoms with van der Waals surface area (Å²) in [6, 6.07) is 1.92. The zero-order chi connectivity index (χ0) is 12.0. The van der Waals surface area contributed by atoms with Crippen molar-refractivity contribution in [3.63, 3.8) is 0 Å². The molecule has 0 aliphatic heterocycles. The molecule has 4 nitrogen and oxygen atoms in total. The number of thioether (sulfide) groups is 1. The van der Waals surface area contributed by atoms with Crippen LogP contribution in [-0.2, 0) is 20.9 Å². The van der Waals surface area contributed by atoms with Gasteiger partial charge in [-0.3, -0.25) is 4.18 Å². The molecule has 1 aromatic heterocycles. The van der Waals surface area contributed by atoms with Gasteiger partial charge in [0.05, 0.1) is 17.9 Å². The van der Waals surface area contributed by atoms with Crippen molar-refractivity contribution >= 4 is 21.9 Å². The van der Waals surface area contributed by atoms with E-state index in [1.807, 2.05) is 6.07 Å². The largest absolute Gasteiger partial charge is 0.356 e. The van der Waals surface area contributed by atoms with E-state index in [0.29, 0.717) is 0 Å². The Morgan fingerprint density at radius 3 is 2.88 bits per heavy atom. The van der Waals surface area contributed by atoms with Crippen LogP contribution in [0.5, 0.6) is 0 Å². The number of rotatable bonds is 7. The molecule has 0 aliphatic carbocycles. The molecule has 0 fully saturated rings. The Hall–Kier alpha value is -0.460. The second-order valence-electron chi connectivity index (χ2n) is 3.54. The second kappa shape index (κ2) is 6.32. The number of H-pyrrole nitrogens is 1. The fourth-order valence-electron chi connectivity index (χ4n) is 1.08. The SMILES string of the molecule is CCCCSc1cc(COS(C)(=O)=O)c[nH]1. The Kier molecular flexibility index (Phi) is 5.37. The lowest BCUT2D eigenvalue weighted by atomic mass is 10.4. The van der Waals surface area contributed by atoms with Crippen LogP contribution in [-0.4, -0.2) is 25.4 Å². The molecule has 0 bridgehead atoms. The Morgan fingerprint density at radius 1 is 1.50 bits per heavy atom. The fraction of sp³-hybridized carbons (Fsp3) is 0.600. The van der Waals surface area contributed by atoms with Crippen LogP contribution in [0, 0.1) is 0 Å². The van der Waals surface area contributed by atoms with Gasteiger partial charge in [-0.2, -0.15) is 8.42 Å². The molecule has 1 heterocycles. The van der Waals surface area contributed by atoms with Crippen molar-refractivity contribution in [3.05, 3.63) is 17.8 Å². The number of nitrogens with one attached hydrogen (secondary N) is 1. The van der Waals surface area contributed by atoms with Gasteiger partial charge in [0, 0.05) is 6.20 Å². The second-order valence-corrected chi connectivity index (χ2v) is 6.32. The van der Waals surface area contributed by atoms with Gasteiger partial charge in [0.15, 0.2) is 0 Å². The zero-order valence-corrected chi connectivity index (χ0v) is 11.2. The summed E-state index contributed by atoms with van der Waals surface area (Å²) >= 11 is 1.74. The van der Waals surface area contributed by atoms with Crippen molar-refractivity contribution < 1.29 is 12.6 Å². The lowest BCUT2D eigenvalue weighted by Gasteiger charge is -1.97. The minimum Gasteiger partial charge on any atom is -0.356 e. The van der Waals surface area contributed by atoms with Gasteiger partial charge < -0.3 is 4.98 Å². The van der Waals surface area contributed by atoms with E-state index < -0.39 is 10.1 Å². The van der Waals surface area contributed by atoms with Crippen LogP contribution in [0.4, 0.5) is 0 Å². The first kappa shape index (κ1) is 13.6. The van der Waals surface area contributed by atoms with Crippen LogP contribution in [0.3, 0.4) is 0 Å². The van der Waals surface area contributed by atoms with Crippen molar-refractivity contribution in [2.75, 3.05) is 12.0 Å².